The van der Waals surface area contributed by atoms with Gasteiger partial charge in [0.1, 0.15) is 6.10 Å². The summed E-state index contributed by atoms with van der Waals surface area (Å²) in [5.41, 5.74) is 2.43. The van der Waals surface area contributed by atoms with Crippen LogP contribution in [0.2, 0.25) is 0 Å². The van der Waals surface area contributed by atoms with Gasteiger partial charge in [0.05, 0.1) is 18.6 Å². The smallest absolute Gasteiger partial charge is 0.166 e. The predicted molar refractivity (Wildman–Crippen MR) is 75.2 cm³/mol. The van der Waals surface area contributed by atoms with Crippen LogP contribution in [0, 0.1) is 0 Å². The van der Waals surface area contributed by atoms with Crippen LogP contribution in [0.3, 0.4) is 0 Å². The molecular formula is C16H19NO3. The molecule has 1 aromatic carbocycles. The van der Waals surface area contributed by atoms with Crippen molar-refractivity contribution in [3.05, 3.63) is 35.4 Å². The van der Waals surface area contributed by atoms with Gasteiger partial charge in [-0.2, -0.15) is 0 Å². The molecule has 4 rings (SSSR count). The summed E-state index contributed by atoms with van der Waals surface area (Å²) < 4.78 is 11.7. The highest BCUT2D eigenvalue weighted by Crippen LogP contribution is 2.55. The summed E-state index contributed by atoms with van der Waals surface area (Å²) in [6, 6.07) is 4.11. The highest BCUT2D eigenvalue weighted by Gasteiger charge is 2.52. The zero-order chi connectivity index (χ0) is 13.7. The second-order valence-corrected chi connectivity index (χ2v) is 5.87. The molecule has 1 aliphatic carbocycles. The molecule has 0 amide bonds. The van der Waals surface area contributed by atoms with Crippen LogP contribution in [0.5, 0.6) is 11.5 Å². The summed E-state index contributed by atoms with van der Waals surface area (Å²) in [5.74, 6) is 1.67. The van der Waals surface area contributed by atoms with E-state index < -0.39 is 6.10 Å². The minimum Gasteiger partial charge on any atom is -0.493 e. The highest BCUT2D eigenvalue weighted by atomic mass is 16.5. The monoisotopic (exact) mass is 273 g/mol. The van der Waals surface area contributed by atoms with E-state index in [1.54, 1.807) is 7.11 Å². The van der Waals surface area contributed by atoms with Gasteiger partial charge in [0.15, 0.2) is 11.5 Å². The fourth-order valence-electron chi connectivity index (χ4n) is 3.87. The van der Waals surface area contributed by atoms with Gasteiger partial charge in [0.25, 0.3) is 0 Å². The Morgan fingerprint density at radius 2 is 2.35 bits per heavy atom. The van der Waals surface area contributed by atoms with Crippen LogP contribution in [-0.4, -0.2) is 31.0 Å². The Kier molecular flexibility index (Phi) is 2.59. The van der Waals surface area contributed by atoms with Gasteiger partial charge in [-0.25, -0.2) is 0 Å². The molecule has 2 heterocycles. The number of rotatable bonds is 1. The number of aliphatic hydroxyl groups is 1. The van der Waals surface area contributed by atoms with Crippen molar-refractivity contribution >= 4 is 0 Å². The van der Waals surface area contributed by atoms with Gasteiger partial charge in [-0.05, 0) is 24.6 Å². The quantitative estimate of drug-likeness (QED) is 0.762. The van der Waals surface area contributed by atoms with Gasteiger partial charge in [0, 0.05) is 18.5 Å². The molecule has 0 bridgehead atoms. The summed E-state index contributed by atoms with van der Waals surface area (Å²) in [6.45, 7) is 1.82. The number of ether oxygens (including phenoxy) is 2. The first-order valence-corrected chi connectivity index (χ1v) is 7.20. The maximum Gasteiger partial charge on any atom is 0.166 e. The number of hydrogen-bond donors (Lipinski definition) is 2. The van der Waals surface area contributed by atoms with Gasteiger partial charge < -0.3 is 19.9 Å². The number of nitrogens with one attached hydrogen (secondary N) is 1. The van der Waals surface area contributed by atoms with E-state index in [0.29, 0.717) is 6.42 Å². The van der Waals surface area contributed by atoms with Gasteiger partial charge in [-0.15, -0.1) is 0 Å². The fraction of sp³-hybridized carbons (Fsp3) is 0.500. The summed E-state index contributed by atoms with van der Waals surface area (Å²) in [6.07, 6.45) is 5.32. The lowest BCUT2D eigenvalue weighted by atomic mass is 9.69. The molecule has 0 saturated carbocycles. The third kappa shape index (κ3) is 1.49. The van der Waals surface area contributed by atoms with Crippen LogP contribution >= 0.6 is 0 Å². The van der Waals surface area contributed by atoms with E-state index in [2.05, 4.69) is 17.5 Å². The van der Waals surface area contributed by atoms with Crippen molar-refractivity contribution in [2.75, 3.05) is 13.7 Å². The largest absolute Gasteiger partial charge is 0.493 e. The third-order valence-electron chi connectivity index (χ3n) is 4.83. The van der Waals surface area contributed by atoms with Crippen LogP contribution in [0.1, 0.15) is 24.0 Å². The topological polar surface area (TPSA) is 50.7 Å². The van der Waals surface area contributed by atoms with E-state index in [1.165, 1.54) is 11.1 Å². The second-order valence-electron chi connectivity index (χ2n) is 5.87. The minimum atomic E-state index is -0.411. The van der Waals surface area contributed by atoms with E-state index >= 15 is 0 Å². The first kappa shape index (κ1) is 12.2. The first-order valence-electron chi connectivity index (χ1n) is 7.20. The van der Waals surface area contributed by atoms with Gasteiger partial charge in [0.2, 0.25) is 0 Å². The molecule has 0 radical (unpaired) electrons. The average Bonchev–Trinajstić information content (AvgIpc) is 2.66. The maximum absolute atomic E-state index is 9.92. The van der Waals surface area contributed by atoms with Crippen molar-refractivity contribution in [1.29, 1.82) is 0 Å². The molecule has 0 fully saturated rings. The van der Waals surface area contributed by atoms with Crippen molar-refractivity contribution in [1.82, 2.24) is 5.32 Å². The third-order valence-corrected chi connectivity index (χ3v) is 4.83. The maximum atomic E-state index is 9.92. The molecule has 106 valence electrons. The zero-order valence-electron chi connectivity index (χ0n) is 11.6. The highest BCUT2D eigenvalue weighted by molar-refractivity contribution is 5.60. The Morgan fingerprint density at radius 1 is 1.45 bits per heavy atom. The van der Waals surface area contributed by atoms with E-state index in [4.69, 9.17) is 9.47 Å². The molecule has 3 aliphatic rings. The molecule has 4 heteroatoms. The van der Waals surface area contributed by atoms with Crippen molar-refractivity contribution in [2.45, 2.75) is 37.0 Å². The van der Waals surface area contributed by atoms with Crippen molar-refractivity contribution in [3.8, 4) is 11.5 Å². The Hall–Kier alpha value is -1.52. The fourth-order valence-corrected chi connectivity index (χ4v) is 3.87. The lowest BCUT2D eigenvalue weighted by Crippen LogP contribution is -2.42. The van der Waals surface area contributed by atoms with Crippen LogP contribution < -0.4 is 14.8 Å². The van der Waals surface area contributed by atoms with Crippen LogP contribution in [0.25, 0.3) is 0 Å². The van der Waals surface area contributed by atoms with Crippen molar-refractivity contribution in [3.63, 3.8) is 0 Å². The lowest BCUT2D eigenvalue weighted by molar-refractivity contribution is 0.0851. The number of hydrogen-bond acceptors (Lipinski definition) is 4. The van der Waals surface area contributed by atoms with Crippen LogP contribution in [0.4, 0.5) is 0 Å². The first-order chi connectivity index (χ1) is 9.74. The van der Waals surface area contributed by atoms with Gasteiger partial charge >= 0.3 is 0 Å². The minimum absolute atomic E-state index is 0.00690. The zero-order valence-corrected chi connectivity index (χ0v) is 11.6. The SMILES string of the molecule is COc1ccc2c3c1O[C@@H]1C[C@H](O)C=C[C@@]31CCNC2. The Balaban J connectivity index is 1.96. The Bertz CT molecular complexity index is 583. The molecule has 0 unspecified atom stereocenters. The normalized spacial score (nSPS) is 33.9. The molecule has 0 saturated heterocycles. The Labute approximate surface area is 118 Å². The van der Waals surface area contributed by atoms with E-state index in [0.717, 1.165) is 31.0 Å². The summed E-state index contributed by atoms with van der Waals surface area (Å²) in [7, 11) is 1.68. The van der Waals surface area contributed by atoms with Crippen LogP contribution in [-0.2, 0) is 12.0 Å². The average molecular weight is 273 g/mol. The number of benzene rings is 1. The van der Waals surface area contributed by atoms with Crippen molar-refractivity contribution < 1.29 is 14.6 Å². The predicted octanol–water partition coefficient (Wildman–Crippen LogP) is 1.51. The van der Waals surface area contributed by atoms with Crippen LogP contribution in [0.15, 0.2) is 24.3 Å². The summed E-state index contributed by atoms with van der Waals surface area (Å²) >= 11 is 0. The molecular weight excluding hydrogens is 254 g/mol. The van der Waals surface area contributed by atoms with Crippen molar-refractivity contribution in [2.24, 2.45) is 0 Å². The number of aliphatic hydroxyl groups excluding tert-OH is 1. The summed E-state index contributed by atoms with van der Waals surface area (Å²) in [5, 5.41) is 13.4. The lowest BCUT2D eigenvalue weighted by Gasteiger charge is -2.35. The molecule has 2 N–H and O–H groups in total. The molecule has 3 atom stereocenters. The second kappa shape index (κ2) is 4.24. The Morgan fingerprint density at radius 3 is 3.20 bits per heavy atom. The summed E-state index contributed by atoms with van der Waals surface area (Å²) in [4.78, 5) is 0. The molecule has 1 spiro atoms. The molecule has 2 aliphatic heterocycles. The molecule has 0 aromatic heterocycles. The molecule has 1 aromatic rings. The van der Waals surface area contributed by atoms with E-state index in [9.17, 15) is 5.11 Å². The number of methoxy groups -OCH3 is 1. The van der Waals surface area contributed by atoms with Gasteiger partial charge in [-0.3, -0.25) is 0 Å². The molecule has 20 heavy (non-hydrogen) atoms. The standard InChI is InChI=1S/C16H19NO3/c1-19-12-3-2-10-9-17-7-6-16-5-4-11(18)8-13(16)20-15(12)14(10)16/h2-5,11,13,17-18H,6-9H2,1H3/t11-,13-,16+/m1/s1. The van der Waals surface area contributed by atoms with E-state index in [-0.39, 0.29) is 11.5 Å². The van der Waals surface area contributed by atoms with E-state index in [1.807, 2.05) is 12.1 Å². The molecule has 4 nitrogen and oxygen atoms in total. The van der Waals surface area contributed by atoms with Gasteiger partial charge in [-0.1, -0.05) is 18.2 Å².